The molecule has 0 aromatic carbocycles. The van der Waals surface area contributed by atoms with Crippen LogP contribution in [0.1, 0.15) is 26.7 Å². The molecule has 0 bridgehead atoms. The van der Waals surface area contributed by atoms with Crippen molar-refractivity contribution < 1.29 is 28.0 Å². The second kappa shape index (κ2) is 9.17. The Bertz CT molecular complexity index is 521. The summed E-state index contributed by atoms with van der Waals surface area (Å²) in [6.07, 6.45) is 3.04. The molecule has 1 atom stereocenters. The summed E-state index contributed by atoms with van der Waals surface area (Å²) in [5.74, 6) is 0.350. The number of alkyl carbamates (subject to hydrolysis) is 1. The van der Waals surface area contributed by atoms with E-state index >= 15 is 0 Å². The van der Waals surface area contributed by atoms with Crippen molar-refractivity contribution in [3.05, 3.63) is 12.2 Å². The van der Waals surface area contributed by atoms with E-state index in [-0.39, 0.29) is 24.5 Å². The Morgan fingerprint density at radius 1 is 1.21 bits per heavy atom. The highest BCUT2D eigenvalue weighted by Gasteiger charge is 2.51. The molecule has 0 aliphatic carbocycles. The number of carbonyl (C=O) groups excluding carboxylic acids is 2. The number of rotatable bonds is 11. The maximum atomic E-state index is 11.9. The SMILES string of the molecule is C=C(C)C(=O)OCCNC(=O)OCCOCCCC1(C)C[SH]1(C)=O. The van der Waals surface area contributed by atoms with Gasteiger partial charge in [-0.05, 0) is 32.9 Å². The molecular weight excluding hydrogens is 334 g/mol. The fourth-order valence-electron chi connectivity index (χ4n) is 2.25. The zero-order chi connectivity index (χ0) is 18.2. The van der Waals surface area contributed by atoms with Gasteiger partial charge < -0.3 is 19.5 Å². The van der Waals surface area contributed by atoms with Gasteiger partial charge in [-0.25, -0.2) is 9.59 Å². The third kappa shape index (κ3) is 7.00. The molecule has 1 saturated heterocycles. The van der Waals surface area contributed by atoms with Crippen LogP contribution in [0.25, 0.3) is 0 Å². The maximum Gasteiger partial charge on any atom is 0.407 e. The van der Waals surface area contributed by atoms with Crippen LogP contribution in [0.2, 0.25) is 0 Å². The zero-order valence-corrected chi connectivity index (χ0v) is 15.7. The molecule has 8 heteroatoms. The predicted molar refractivity (Wildman–Crippen MR) is 93.9 cm³/mol. The van der Waals surface area contributed by atoms with Crippen molar-refractivity contribution in [3.8, 4) is 0 Å². The van der Waals surface area contributed by atoms with Crippen molar-refractivity contribution >= 4 is 22.0 Å². The second-order valence-electron chi connectivity index (χ2n) is 6.45. The van der Waals surface area contributed by atoms with Gasteiger partial charge in [0, 0.05) is 22.7 Å². The molecule has 0 aromatic heterocycles. The van der Waals surface area contributed by atoms with Crippen LogP contribution in [-0.2, 0) is 28.9 Å². The molecule has 0 aromatic rings. The summed E-state index contributed by atoms with van der Waals surface area (Å²) in [5, 5.41) is 2.46. The predicted octanol–water partition coefficient (Wildman–Crippen LogP) is 1.05. The average molecular weight is 363 g/mol. The van der Waals surface area contributed by atoms with Gasteiger partial charge in [-0.3, -0.25) is 4.21 Å². The highest BCUT2D eigenvalue weighted by atomic mass is 32.3. The van der Waals surface area contributed by atoms with Gasteiger partial charge in [0.05, 0.1) is 13.2 Å². The first kappa shape index (κ1) is 20.6. The van der Waals surface area contributed by atoms with Crippen LogP contribution in [0.3, 0.4) is 0 Å². The molecule has 0 spiro atoms. The number of hydrogen-bond donors (Lipinski definition) is 2. The van der Waals surface area contributed by atoms with Crippen molar-refractivity contribution in [3.63, 3.8) is 0 Å². The first-order chi connectivity index (χ1) is 11.2. The standard InChI is InChI=1S/C16H29NO6S/c1-13(2)14(18)22-9-7-17-15(19)23-11-10-21-8-5-6-16(3)12-24(16,4)20/h24H,1,5-12H2,2-4H3,(H,17,19). The van der Waals surface area contributed by atoms with E-state index in [0.717, 1.165) is 18.6 Å². The molecule has 1 aliphatic rings. The maximum absolute atomic E-state index is 11.9. The van der Waals surface area contributed by atoms with Crippen molar-refractivity contribution in [2.24, 2.45) is 0 Å². The van der Waals surface area contributed by atoms with Gasteiger partial charge >= 0.3 is 12.1 Å². The van der Waals surface area contributed by atoms with Gasteiger partial charge in [0.1, 0.15) is 13.2 Å². The molecule has 0 saturated carbocycles. The van der Waals surface area contributed by atoms with Crippen molar-refractivity contribution in [2.45, 2.75) is 31.4 Å². The lowest BCUT2D eigenvalue weighted by molar-refractivity contribution is -0.138. The Hall–Kier alpha value is -1.41. The summed E-state index contributed by atoms with van der Waals surface area (Å²) in [5.41, 5.74) is 0.312. The van der Waals surface area contributed by atoms with E-state index < -0.39 is 22.0 Å². The molecule has 24 heavy (non-hydrogen) atoms. The monoisotopic (exact) mass is 363 g/mol. The van der Waals surface area contributed by atoms with Crippen LogP contribution >= 0.6 is 0 Å². The molecule has 7 nitrogen and oxygen atoms in total. The molecule has 1 unspecified atom stereocenters. The van der Waals surface area contributed by atoms with E-state index in [9.17, 15) is 13.8 Å². The number of ether oxygens (including phenoxy) is 3. The largest absolute Gasteiger partial charge is 0.460 e. The Kier molecular flexibility index (Phi) is 7.89. The Labute approximate surface area is 144 Å². The van der Waals surface area contributed by atoms with Gasteiger partial charge in [-0.1, -0.05) is 16.5 Å². The van der Waals surface area contributed by atoms with Gasteiger partial charge in [-0.15, -0.1) is 0 Å². The number of esters is 1. The summed E-state index contributed by atoms with van der Waals surface area (Å²) in [7, 11) is -1.88. The van der Waals surface area contributed by atoms with E-state index in [1.807, 2.05) is 6.26 Å². The van der Waals surface area contributed by atoms with Crippen molar-refractivity contribution in [1.82, 2.24) is 5.32 Å². The van der Waals surface area contributed by atoms with Gasteiger partial charge in [-0.2, -0.15) is 0 Å². The Morgan fingerprint density at radius 2 is 1.88 bits per heavy atom. The number of nitrogens with one attached hydrogen (secondary N) is 1. The first-order valence-electron chi connectivity index (χ1n) is 8.06. The van der Waals surface area contributed by atoms with E-state index in [1.165, 1.54) is 0 Å². The van der Waals surface area contributed by atoms with Crippen LogP contribution in [0.4, 0.5) is 4.79 Å². The molecule has 1 aliphatic heterocycles. The minimum atomic E-state index is -1.88. The van der Waals surface area contributed by atoms with Crippen LogP contribution in [0.5, 0.6) is 0 Å². The van der Waals surface area contributed by atoms with E-state index in [0.29, 0.717) is 18.8 Å². The normalized spacial score (nSPS) is 22.3. The van der Waals surface area contributed by atoms with Crippen LogP contribution in [0.15, 0.2) is 12.2 Å². The van der Waals surface area contributed by atoms with E-state index in [1.54, 1.807) is 6.92 Å². The lowest BCUT2D eigenvalue weighted by atomic mass is 10.1. The minimum absolute atomic E-state index is 0.0142. The molecular formula is C16H29NO6S. The highest BCUT2D eigenvalue weighted by molar-refractivity contribution is 8.10. The van der Waals surface area contributed by atoms with Gasteiger partial charge in [0.25, 0.3) is 0 Å². The smallest absolute Gasteiger partial charge is 0.407 e. The quantitative estimate of drug-likeness (QED) is 0.187. The lowest BCUT2D eigenvalue weighted by Crippen LogP contribution is -2.29. The Balaban J connectivity index is 1.90. The molecule has 1 N–H and O–H groups in total. The number of carbonyl (C=O) groups is 2. The van der Waals surface area contributed by atoms with Crippen molar-refractivity contribution in [1.29, 1.82) is 0 Å². The fourth-order valence-corrected chi connectivity index (χ4v) is 4.87. The van der Waals surface area contributed by atoms with Gasteiger partial charge in [0.2, 0.25) is 0 Å². The molecule has 1 amide bonds. The third-order valence-electron chi connectivity index (χ3n) is 4.10. The summed E-state index contributed by atoms with van der Waals surface area (Å²) < 4.78 is 27.0. The number of amides is 1. The first-order valence-corrected chi connectivity index (χ1v) is 10.4. The molecule has 140 valence electrons. The second-order valence-corrected chi connectivity index (χ2v) is 10.0. The molecule has 0 radical (unpaired) electrons. The summed E-state index contributed by atoms with van der Waals surface area (Å²) in [6.45, 7) is 8.35. The Morgan fingerprint density at radius 3 is 2.46 bits per heavy atom. The summed E-state index contributed by atoms with van der Waals surface area (Å²) >= 11 is 0. The fraction of sp³-hybridized carbons (Fsp3) is 0.750. The number of thiol groups is 1. The molecule has 1 heterocycles. The molecule has 1 fully saturated rings. The average Bonchev–Trinajstić information content (AvgIpc) is 3.00. The third-order valence-corrected chi connectivity index (χ3v) is 7.68. The highest BCUT2D eigenvalue weighted by Crippen LogP contribution is 2.44. The topological polar surface area (TPSA) is 90.9 Å². The van der Waals surface area contributed by atoms with E-state index in [4.69, 9.17) is 14.2 Å². The number of hydrogen-bond acceptors (Lipinski definition) is 6. The summed E-state index contributed by atoms with van der Waals surface area (Å²) in [4.78, 5) is 22.4. The summed E-state index contributed by atoms with van der Waals surface area (Å²) in [6, 6.07) is 0. The molecule has 1 rings (SSSR count). The van der Waals surface area contributed by atoms with Crippen LogP contribution < -0.4 is 5.32 Å². The van der Waals surface area contributed by atoms with Crippen LogP contribution in [0, 0.1) is 0 Å². The van der Waals surface area contributed by atoms with Crippen molar-refractivity contribution in [2.75, 3.05) is 45.0 Å². The van der Waals surface area contributed by atoms with E-state index in [2.05, 4.69) is 18.8 Å². The minimum Gasteiger partial charge on any atom is -0.460 e. The van der Waals surface area contributed by atoms with Crippen LogP contribution in [-0.4, -0.2) is 66.0 Å². The zero-order valence-electron chi connectivity index (χ0n) is 14.8. The lowest BCUT2D eigenvalue weighted by Gasteiger charge is -2.11. The van der Waals surface area contributed by atoms with Gasteiger partial charge in [0.15, 0.2) is 0 Å².